The fourth-order valence-electron chi connectivity index (χ4n) is 1.38. The molecule has 0 aromatic carbocycles. The third-order valence-electron chi connectivity index (χ3n) is 1.72. The van der Waals surface area contributed by atoms with Crippen molar-refractivity contribution in [2.45, 2.75) is 13.3 Å². The van der Waals surface area contributed by atoms with Gasteiger partial charge in [-0.1, -0.05) is 6.92 Å². The molecule has 1 aromatic heterocycles. The molecule has 0 saturated carbocycles. The molecule has 0 spiro atoms. The first-order chi connectivity index (χ1) is 5.68. The molecule has 0 aliphatic carbocycles. The van der Waals surface area contributed by atoms with Crippen LogP contribution in [0, 0.1) is 5.92 Å². The second-order valence-corrected chi connectivity index (χ2v) is 4.27. The van der Waals surface area contributed by atoms with Crippen LogP contribution in [0.2, 0.25) is 0 Å². The predicted octanol–water partition coefficient (Wildman–Crippen LogP) is 1.88. The third-order valence-corrected chi connectivity index (χ3v) is 2.35. The molecule has 0 radical (unpaired) electrons. The van der Waals surface area contributed by atoms with Crippen molar-refractivity contribution in [1.82, 2.24) is 9.88 Å². The molecule has 12 heavy (non-hydrogen) atoms. The lowest BCUT2D eigenvalue weighted by Gasteiger charge is -2.15. The van der Waals surface area contributed by atoms with Gasteiger partial charge in [0.05, 0.1) is 11.2 Å². The Morgan fingerprint density at radius 1 is 1.58 bits per heavy atom. The summed E-state index contributed by atoms with van der Waals surface area (Å²) >= 11 is 1.68. The van der Waals surface area contributed by atoms with E-state index in [1.165, 1.54) is 5.69 Å². The molecular weight excluding hydrogens is 168 g/mol. The molecule has 1 atom stereocenters. The molecule has 0 amide bonds. The van der Waals surface area contributed by atoms with Crippen molar-refractivity contribution in [3.8, 4) is 0 Å². The van der Waals surface area contributed by atoms with E-state index in [9.17, 15) is 0 Å². The van der Waals surface area contributed by atoms with E-state index in [0.717, 1.165) is 13.0 Å². The van der Waals surface area contributed by atoms with Gasteiger partial charge in [-0.25, -0.2) is 4.98 Å². The zero-order valence-corrected chi connectivity index (χ0v) is 8.77. The molecule has 1 rings (SSSR count). The number of thiazole rings is 1. The quantitative estimate of drug-likeness (QED) is 0.710. The van der Waals surface area contributed by atoms with Crippen LogP contribution in [0.4, 0.5) is 0 Å². The fraction of sp³-hybridized carbons (Fsp3) is 0.667. The average molecular weight is 184 g/mol. The van der Waals surface area contributed by atoms with Gasteiger partial charge in [0.1, 0.15) is 0 Å². The summed E-state index contributed by atoms with van der Waals surface area (Å²) in [6, 6.07) is 0. The van der Waals surface area contributed by atoms with Gasteiger partial charge in [-0.2, -0.15) is 0 Å². The highest BCUT2D eigenvalue weighted by Crippen LogP contribution is 2.08. The Morgan fingerprint density at radius 2 is 2.33 bits per heavy atom. The summed E-state index contributed by atoms with van der Waals surface area (Å²) in [5, 5.41) is 2.13. The first-order valence-electron chi connectivity index (χ1n) is 4.20. The van der Waals surface area contributed by atoms with Crippen LogP contribution in [0.1, 0.15) is 12.6 Å². The van der Waals surface area contributed by atoms with Gasteiger partial charge in [-0.05, 0) is 26.4 Å². The van der Waals surface area contributed by atoms with Gasteiger partial charge in [0.15, 0.2) is 0 Å². The topological polar surface area (TPSA) is 16.1 Å². The molecule has 0 N–H and O–H groups in total. The Bertz CT molecular complexity index is 206. The first kappa shape index (κ1) is 9.68. The van der Waals surface area contributed by atoms with Crippen LogP contribution >= 0.6 is 11.3 Å². The Labute approximate surface area is 78.2 Å². The Hall–Kier alpha value is -0.410. The normalized spacial score (nSPS) is 13.7. The van der Waals surface area contributed by atoms with Crippen LogP contribution in [-0.2, 0) is 6.42 Å². The summed E-state index contributed by atoms with van der Waals surface area (Å²) in [5.41, 5.74) is 3.13. The zero-order chi connectivity index (χ0) is 8.97. The molecule has 0 bridgehead atoms. The number of rotatable bonds is 4. The van der Waals surface area contributed by atoms with Crippen molar-refractivity contribution in [3.05, 3.63) is 16.6 Å². The maximum atomic E-state index is 4.26. The first-order valence-corrected chi connectivity index (χ1v) is 5.14. The molecule has 0 aliphatic heterocycles. The maximum Gasteiger partial charge on any atom is 0.0794 e. The molecule has 1 unspecified atom stereocenters. The minimum atomic E-state index is 0.696. The highest BCUT2D eigenvalue weighted by atomic mass is 32.1. The zero-order valence-electron chi connectivity index (χ0n) is 7.95. The molecule has 0 fully saturated rings. The number of nitrogens with zero attached hydrogens (tertiary/aromatic N) is 2. The molecule has 2 nitrogen and oxygen atoms in total. The van der Waals surface area contributed by atoms with E-state index < -0.39 is 0 Å². The highest BCUT2D eigenvalue weighted by Gasteiger charge is 2.05. The maximum absolute atomic E-state index is 4.26. The summed E-state index contributed by atoms with van der Waals surface area (Å²) in [6.07, 6.45) is 1.10. The van der Waals surface area contributed by atoms with Crippen LogP contribution in [0.5, 0.6) is 0 Å². The third kappa shape index (κ3) is 3.32. The molecule has 3 heteroatoms. The Kier molecular flexibility index (Phi) is 3.69. The standard InChI is InChI=1S/C9H16N2S/c1-8(5-11(2)3)4-9-6-12-7-10-9/h6-8H,4-5H2,1-3H3. The number of aromatic nitrogens is 1. The minimum Gasteiger partial charge on any atom is -0.309 e. The van der Waals surface area contributed by atoms with Crippen molar-refractivity contribution in [3.63, 3.8) is 0 Å². The fourth-order valence-corrected chi connectivity index (χ4v) is 1.95. The van der Waals surface area contributed by atoms with E-state index in [-0.39, 0.29) is 0 Å². The second kappa shape index (κ2) is 4.58. The lowest BCUT2D eigenvalue weighted by molar-refractivity contribution is 0.337. The minimum absolute atomic E-state index is 0.696. The highest BCUT2D eigenvalue weighted by molar-refractivity contribution is 7.07. The van der Waals surface area contributed by atoms with Gasteiger partial charge in [0, 0.05) is 11.9 Å². The number of hydrogen-bond donors (Lipinski definition) is 0. The Balaban J connectivity index is 2.32. The van der Waals surface area contributed by atoms with Crippen LogP contribution in [0.15, 0.2) is 10.9 Å². The van der Waals surface area contributed by atoms with Gasteiger partial charge in [-0.15, -0.1) is 11.3 Å². The molecule has 68 valence electrons. The van der Waals surface area contributed by atoms with E-state index in [0.29, 0.717) is 5.92 Å². The van der Waals surface area contributed by atoms with E-state index in [1.807, 2.05) is 5.51 Å². The summed E-state index contributed by atoms with van der Waals surface area (Å²) < 4.78 is 0. The lowest BCUT2D eigenvalue weighted by atomic mass is 10.1. The molecule has 1 aromatic rings. The lowest BCUT2D eigenvalue weighted by Crippen LogP contribution is -2.21. The van der Waals surface area contributed by atoms with Crippen LogP contribution in [0.25, 0.3) is 0 Å². The summed E-state index contributed by atoms with van der Waals surface area (Å²) in [4.78, 5) is 6.48. The van der Waals surface area contributed by atoms with E-state index >= 15 is 0 Å². The number of hydrogen-bond acceptors (Lipinski definition) is 3. The van der Waals surface area contributed by atoms with Gasteiger partial charge in [0.25, 0.3) is 0 Å². The van der Waals surface area contributed by atoms with Crippen LogP contribution in [0.3, 0.4) is 0 Å². The van der Waals surface area contributed by atoms with Gasteiger partial charge in [-0.3, -0.25) is 0 Å². The average Bonchev–Trinajstić information content (AvgIpc) is 2.37. The van der Waals surface area contributed by atoms with Gasteiger partial charge in [0.2, 0.25) is 0 Å². The molecule has 1 heterocycles. The summed E-state index contributed by atoms with van der Waals surface area (Å²) in [5.74, 6) is 0.696. The predicted molar refractivity (Wildman–Crippen MR) is 53.5 cm³/mol. The SMILES string of the molecule is CC(Cc1cscn1)CN(C)C. The van der Waals surface area contributed by atoms with Crippen molar-refractivity contribution < 1.29 is 0 Å². The van der Waals surface area contributed by atoms with Crippen molar-refractivity contribution in [1.29, 1.82) is 0 Å². The van der Waals surface area contributed by atoms with E-state index in [1.54, 1.807) is 11.3 Å². The van der Waals surface area contributed by atoms with Crippen molar-refractivity contribution in [2.24, 2.45) is 5.92 Å². The van der Waals surface area contributed by atoms with Crippen molar-refractivity contribution >= 4 is 11.3 Å². The van der Waals surface area contributed by atoms with Crippen LogP contribution < -0.4 is 0 Å². The largest absolute Gasteiger partial charge is 0.309 e. The smallest absolute Gasteiger partial charge is 0.0794 e. The van der Waals surface area contributed by atoms with Crippen LogP contribution in [-0.4, -0.2) is 30.5 Å². The monoisotopic (exact) mass is 184 g/mol. The molecular formula is C9H16N2S. The van der Waals surface area contributed by atoms with Gasteiger partial charge < -0.3 is 4.90 Å². The van der Waals surface area contributed by atoms with E-state index in [2.05, 4.69) is 36.3 Å². The van der Waals surface area contributed by atoms with Crippen molar-refractivity contribution in [2.75, 3.05) is 20.6 Å². The summed E-state index contributed by atoms with van der Waals surface area (Å²) in [6.45, 7) is 3.40. The van der Waals surface area contributed by atoms with E-state index in [4.69, 9.17) is 0 Å². The second-order valence-electron chi connectivity index (χ2n) is 3.55. The van der Waals surface area contributed by atoms with Gasteiger partial charge >= 0.3 is 0 Å². The molecule has 0 saturated heterocycles. The molecule has 0 aliphatic rings. The summed E-state index contributed by atoms with van der Waals surface area (Å²) in [7, 11) is 4.22. The Morgan fingerprint density at radius 3 is 2.83 bits per heavy atom.